The molecule has 160 valence electrons. The summed E-state index contributed by atoms with van der Waals surface area (Å²) in [5.41, 5.74) is 0.139. The molecule has 0 bridgehead atoms. The van der Waals surface area contributed by atoms with Crippen LogP contribution in [0.25, 0.3) is 0 Å². The van der Waals surface area contributed by atoms with Gasteiger partial charge in [-0.25, -0.2) is 9.59 Å². The van der Waals surface area contributed by atoms with Crippen molar-refractivity contribution in [1.82, 2.24) is 0 Å². The largest absolute Gasteiger partial charge is 0.497 e. The number of carbonyl (C=O) groups is 2. The van der Waals surface area contributed by atoms with Crippen LogP contribution in [-0.2, 0) is 9.53 Å². The van der Waals surface area contributed by atoms with Gasteiger partial charge in [0.2, 0.25) is 0 Å². The molecule has 0 atom stereocenters. The first-order valence-corrected chi connectivity index (χ1v) is 9.57. The maximum atomic E-state index is 12.4. The molecule has 0 unspecified atom stereocenters. The Balaban J connectivity index is 1.49. The molecule has 0 radical (unpaired) electrons. The van der Waals surface area contributed by atoms with Crippen LogP contribution >= 0.6 is 0 Å². The summed E-state index contributed by atoms with van der Waals surface area (Å²) in [4.78, 5) is 24.5. The second kappa shape index (κ2) is 11.3. The molecule has 7 heteroatoms. The Kier molecular flexibility index (Phi) is 7.88. The van der Waals surface area contributed by atoms with Gasteiger partial charge in [0.25, 0.3) is 0 Å². The molecule has 0 amide bonds. The fraction of sp³-hybridized carbons (Fsp3) is 0.167. The second-order valence-corrected chi connectivity index (χ2v) is 6.23. The van der Waals surface area contributed by atoms with Crippen molar-refractivity contribution in [3.8, 4) is 23.0 Å². The number of carbonyl (C=O) groups excluding carboxylic acids is 2. The zero-order valence-corrected chi connectivity index (χ0v) is 17.0. The molecule has 0 aliphatic rings. The molecule has 7 nitrogen and oxygen atoms in total. The van der Waals surface area contributed by atoms with Crippen molar-refractivity contribution in [3.63, 3.8) is 0 Å². The predicted molar refractivity (Wildman–Crippen MR) is 113 cm³/mol. The van der Waals surface area contributed by atoms with Gasteiger partial charge in [0.05, 0.1) is 7.11 Å². The second-order valence-electron chi connectivity index (χ2n) is 6.23. The maximum Gasteiger partial charge on any atom is 0.349 e. The van der Waals surface area contributed by atoms with Crippen LogP contribution < -0.4 is 18.9 Å². The van der Waals surface area contributed by atoms with E-state index in [0.29, 0.717) is 17.2 Å². The van der Waals surface area contributed by atoms with E-state index in [-0.39, 0.29) is 31.1 Å². The molecule has 0 heterocycles. The molecule has 3 aromatic carbocycles. The summed E-state index contributed by atoms with van der Waals surface area (Å²) in [6.07, 6.45) is 0. The van der Waals surface area contributed by atoms with Crippen molar-refractivity contribution in [1.29, 1.82) is 0 Å². The Morgan fingerprint density at radius 2 is 1.35 bits per heavy atom. The minimum Gasteiger partial charge on any atom is -0.497 e. The molecule has 0 aliphatic heterocycles. The summed E-state index contributed by atoms with van der Waals surface area (Å²) < 4.78 is 26.5. The minimum atomic E-state index is -0.650. The Morgan fingerprint density at radius 3 is 2.10 bits per heavy atom. The Labute approximate surface area is 180 Å². The number of benzene rings is 3. The number of rotatable bonds is 10. The number of para-hydroxylation sites is 2. The van der Waals surface area contributed by atoms with Gasteiger partial charge < -0.3 is 23.7 Å². The Hall–Kier alpha value is -4.00. The normalized spacial score (nSPS) is 10.1. The zero-order chi connectivity index (χ0) is 21.9. The summed E-state index contributed by atoms with van der Waals surface area (Å²) in [5, 5.41) is 0. The van der Waals surface area contributed by atoms with Gasteiger partial charge in [0.1, 0.15) is 41.8 Å². The van der Waals surface area contributed by atoms with Crippen molar-refractivity contribution in [3.05, 3.63) is 84.4 Å². The lowest BCUT2D eigenvalue weighted by atomic mass is 10.2. The molecular formula is C24H22O7. The highest BCUT2D eigenvalue weighted by Crippen LogP contribution is 2.20. The molecule has 3 rings (SSSR count). The average molecular weight is 422 g/mol. The van der Waals surface area contributed by atoms with Crippen LogP contribution in [0, 0.1) is 0 Å². The average Bonchev–Trinajstić information content (AvgIpc) is 2.82. The quantitative estimate of drug-likeness (QED) is 0.278. The fourth-order valence-electron chi connectivity index (χ4n) is 2.58. The van der Waals surface area contributed by atoms with E-state index in [0.717, 1.165) is 0 Å². The molecule has 0 saturated carbocycles. The number of esters is 2. The van der Waals surface area contributed by atoms with Crippen LogP contribution in [-0.4, -0.2) is 38.9 Å². The van der Waals surface area contributed by atoms with E-state index in [1.54, 1.807) is 43.5 Å². The monoisotopic (exact) mass is 422 g/mol. The SMILES string of the molecule is COc1ccc(OCC(=O)Oc2ccccc2C(=O)OCCOc2ccccc2)cc1. The maximum absolute atomic E-state index is 12.4. The molecule has 0 aliphatic carbocycles. The third-order valence-corrected chi connectivity index (χ3v) is 4.08. The van der Waals surface area contributed by atoms with Crippen LogP contribution in [0.1, 0.15) is 10.4 Å². The molecular weight excluding hydrogens is 400 g/mol. The lowest BCUT2D eigenvalue weighted by molar-refractivity contribution is -0.136. The first-order chi connectivity index (χ1) is 15.2. The highest BCUT2D eigenvalue weighted by Gasteiger charge is 2.16. The van der Waals surface area contributed by atoms with Gasteiger partial charge in [0, 0.05) is 0 Å². The summed E-state index contributed by atoms with van der Waals surface area (Å²) >= 11 is 0. The number of hydrogen-bond acceptors (Lipinski definition) is 7. The van der Waals surface area contributed by atoms with Crippen LogP contribution in [0.5, 0.6) is 23.0 Å². The number of hydrogen-bond donors (Lipinski definition) is 0. The van der Waals surface area contributed by atoms with E-state index < -0.39 is 11.9 Å². The molecule has 0 N–H and O–H groups in total. The third kappa shape index (κ3) is 6.78. The standard InChI is InChI=1S/C24H22O7/c1-27-18-11-13-20(14-12-18)30-17-23(25)31-22-10-6-5-9-21(22)24(26)29-16-15-28-19-7-3-2-4-8-19/h2-14H,15-17H2,1H3. The molecule has 0 fully saturated rings. The summed E-state index contributed by atoms with van der Waals surface area (Å²) in [7, 11) is 1.56. The Morgan fingerprint density at radius 1 is 0.710 bits per heavy atom. The molecule has 0 saturated heterocycles. The van der Waals surface area contributed by atoms with Crippen LogP contribution in [0.4, 0.5) is 0 Å². The molecule has 0 spiro atoms. The van der Waals surface area contributed by atoms with Gasteiger partial charge in [-0.05, 0) is 48.5 Å². The lowest BCUT2D eigenvalue weighted by Gasteiger charge is -2.11. The Bertz CT molecular complexity index is 984. The molecule has 0 aromatic heterocycles. The third-order valence-electron chi connectivity index (χ3n) is 4.08. The minimum absolute atomic E-state index is 0.0522. The topological polar surface area (TPSA) is 80.3 Å². The zero-order valence-electron chi connectivity index (χ0n) is 17.0. The lowest BCUT2D eigenvalue weighted by Crippen LogP contribution is -2.20. The smallest absolute Gasteiger partial charge is 0.349 e. The van der Waals surface area contributed by atoms with Gasteiger partial charge in [0.15, 0.2) is 6.61 Å². The number of ether oxygens (including phenoxy) is 5. The van der Waals surface area contributed by atoms with Gasteiger partial charge in [-0.1, -0.05) is 30.3 Å². The fourth-order valence-corrected chi connectivity index (χ4v) is 2.58. The van der Waals surface area contributed by atoms with Gasteiger partial charge in [-0.15, -0.1) is 0 Å². The highest BCUT2D eigenvalue weighted by molar-refractivity contribution is 5.93. The molecule has 31 heavy (non-hydrogen) atoms. The van der Waals surface area contributed by atoms with E-state index in [9.17, 15) is 9.59 Å². The van der Waals surface area contributed by atoms with Crippen molar-refractivity contribution < 1.29 is 33.3 Å². The van der Waals surface area contributed by atoms with Crippen LogP contribution in [0.15, 0.2) is 78.9 Å². The van der Waals surface area contributed by atoms with Gasteiger partial charge >= 0.3 is 11.9 Å². The van der Waals surface area contributed by atoms with Crippen molar-refractivity contribution in [2.24, 2.45) is 0 Å². The number of methoxy groups -OCH3 is 1. The van der Waals surface area contributed by atoms with Crippen molar-refractivity contribution in [2.75, 3.05) is 26.9 Å². The van der Waals surface area contributed by atoms with Crippen LogP contribution in [0.3, 0.4) is 0 Å². The van der Waals surface area contributed by atoms with E-state index in [4.69, 9.17) is 23.7 Å². The first-order valence-electron chi connectivity index (χ1n) is 9.57. The summed E-state index contributed by atoms with van der Waals surface area (Å²) in [5.74, 6) is 0.685. The van der Waals surface area contributed by atoms with E-state index in [1.165, 1.54) is 12.1 Å². The van der Waals surface area contributed by atoms with Gasteiger partial charge in [-0.2, -0.15) is 0 Å². The molecule has 3 aromatic rings. The van der Waals surface area contributed by atoms with Crippen molar-refractivity contribution >= 4 is 11.9 Å². The predicted octanol–water partition coefficient (Wildman–Crippen LogP) is 3.92. The highest BCUT2D eigenvalue weighted by atomic mass is 16.6. The van der Waals surface area contributed by atoms with Crippen molar-refractivity contribution in [2.45, 2.75) is 0 Å². The van der Waals surface area contributed by atoms with E-state index in [1.807, 2.05) is 30.3 Å². The van der Waals surface area contributed by atoms with E-state index in [2.05, 4.69) is 0 Å². The van der Waals surface area contributed by atoms with E-state index >= 15 is 0 Å². The summed E-state index contributed by atoms with van der Waals surface area (Å²) in [6.45, 7) is -0.0649. The van der Waals surface area contributed by atoms with Crippen LogP contribution in [0.2, 0.25) is 0 Å². The van der Waals surface area contributed by atoms with Gasteiger partial charge in [-0.3, -0.25) is 0 Å². The summed E-state index contributed by atoms with van der Waals surface area (Å²) in [6, 6.07) is 22.3. The first kappa shape index (κ1) is 21.7.